The maximum atomic E-state index is 13.5. The van der Waals surface area contributed by atoms with E-state index in [1.54, 1.807) is 44.4 Å². The molecule has 158 valence electrons. The largest absolute Gasteiger partial charge is 0.497 e. The van der Waals surface area contributed by atoms with Crippen molar-refractivity contribution >= 4 is 28.6 Å². The molecule has 3 aromatic rings. The van der Waals surface area contributed by atoms with Crippen LogP contribution in [0.15, 0.2) is 48.6 Å². The summed E-state index contributed by atoms with van der Waals surface area (Å²) in [5.74, 6) is -1.01. The Morgan fingerprint density at radius 3 is 2.35 bits per heavy atom. The van der Waals surface area contributed by atoms with Crippen molar-refractivity contribution in [1.82, 2.24) is 4.57 Å². The van der Waals surface area contributed by atoms with Gasteiger partial charge in [-0.15, -0.1) is 0 Å². The van der Waals surface area contributed by atoms with Gasteiger partial charge in [0.1, 0.15) is 5.75 Å². The van der Waals surface area contributed by atoms with E-state index < -0.39 is 11.9 Å². The van der Waals surface area contributed by atoms with Crippen LogP contribution in [0.1, 0.15) is 21.6 Å². The average Bonchev–Trinajstić information content (AvgIpc) is 3.04. The highest BCUT2D eigenvalue weighted by atomic mass is 16.6. The van der Waals surface area contributed by atoms with E-state index in [4.69, 9.17) is 19.9 Å². The van der Waals surface area contributed by atoms with Crippen molar-refractivity contribution in [3.05, 3.63) is 65.4 Å². The van der Waals surface area contributed by atoms with Gasteiger partial charge in [-0.1, -0.05) is 0 Å². The van der Waals surface area contributed by atoms with Gasteiger partial charge in [0.2, 0.25) is 0 Å². The Bertz CT molecular complexity index is 1240. The molecule has 1 aliphatic rings. The molecule has 0 unspecified atom stereocenters. The summed E-state index contributed by atoms with van der Waals surface area (Å²) in [5, 5.41) is 0.390. The van der Waals surface area contributed by atoms with Gasteiger partial charge in [0.25, 0.3) is 0 Å². The minimum absolute atomic E-state index is 0.0240. The van der Waals surface area contributed by atoms with Crippen molar-refractivity contribution in [1.29, 1.82) is 0 Å². The van der Waals surface area contributed by atoms with Gasteiger partial charge < -0.3 is 24.5 Å². The molecule has 0 spiro atoms. The van der Waals surface area contributed by atoms with Gasteiger partial charge in [0, 0.05) is 36.5 Å². The number of fused-ring (bicyclic) bond motifs is 3. The zero-order chi connectivity index (χ0) is 22.1. The van der Waals surface area contributed by atoms with Crippen molar-refractivity contribution in [2.24, 2.45) is 5.73 Å². The molecule has 0 atom stereocenters. The molecule has 0 radical (unpaired) electrons. The second kappa shape index (κ2) is 8.08. The van der Waals surface area contributed by atoms with Gasteiger partial charge in [-0.25, -0.2) is 9.59 Å². The van der Waals surface area contributed by atoms with Crippen LogP contribution in [0.3, 0.4) is 0 Å². The molecule has 0 fully saturated rings. The monoisotopic (exact) mass is 420 g/mol. The summed E-state index contributed by atoms with van der Waals surface area (Å²) in [6.07, 6.45) is 1.97. The predicted octanol–water partition coefficient (Wildman–Crippen LogP) is 2.53. The van der Waals surface area contributed by atoms with Gasteiger partial charge in [-0.05, 0) is 43.3 Å². The van der Waals surface area contributed by atoms with Crippen LogP contribution in [0, 0.1) is 6.92 Å². The van der Waals surface area contributed by atoms with E-state index in [0.717, 1.165) is 12.2 Å². The first-order chi connectivity index (χ1) is 14.9. The van der Waals surface area contributed by atoms with E-state index in [2.05, 4.69) is 0 Å². The lowest BCUT2D eigenvalue weighted by Crippen LogP contribution is -2.14. The topological polar surface area (TPSA) is 110 Å². The number of hydrogen-bond acceptors (Lipinski definition) is 7. The highest BCUT2D eigenvalue weighted by Gasteiger charge is 2.28. The molecular weight excluding hydrogens is 400 g/mol. The Morgan fingerprint density at radius 1 is 1.03 bits per heavy atom. The molecule has 1 aromatic heterocycles. The van der Waals surface area contributed by atoms with Crippen LogP contribution in [-0.2, 0) is 16.1 Å². The number of nitrogens with zero attached hydrogens (tertiary/aromatic N) is 1. The minimum atomic E-state index is -0.738. The van der Waals surface area contributed by atoms with Gasteiger partial charge in [0.05, 0.1) is 23.6 Å². The molecule has 31 heavy (non-hydrogen) atoms. The number of nitrogens with two attached hydrogens (primary N) is 1. The molecule has 8 nitrogen and oxygen atoms in total. The fraction of sp³-hybridized carbons (Fsp3) is 0.174. The number of carbonyl (C=O) groups excluding carboxylic acids is 3. The summed E-state index contributed by atoms with van der Waals surface area (Å²) in [4.78, 5) is 37.7. The zero-order valence-corrected chi connectivity index (χ0v) is 17.0. The van der Waals surface area contributed by atoms with Gasteiger partial charge in [0.15, 0.2) is 17.3 Å². The third kappa shape index (κ3) is 3.57. The molecular formula is C23H20N2O6. The number of benzene rings is 2. The minimum Gasteiger partial charge on any atom is -0.497 e. The molecule has 2 aromatic carbocycles. The summed E-state index contributed by atoms with van der Waals surface area (Å²) in [6.45, 7) is 2.59. The maximum absolute atomic E-state index is 13.5. The third-order valence-corrected chi connectivity index (χ3v) is 5.11. The molecule has 2 heterocycles. The zero-order valence-electron chi connectivity index (χ0n) is 17.0. The first-order valence-electron chi connectivity index (χ1n) is 9.61. The Kier molecular flexibility index (Phi) is 5.31. The quantitative estimate of drug-likeness (QED) is 0.384. The first-order valence-corrected chi connectivity index (χ1v) is 9.61. The number of ketones is 1. The smallest absolute Gasteiger partial charge is 0.336 e. The Morgan fingerprint density at radius 2 is 1.71 bits per heavy atom. The van der Waals surface area contributed by atoms with Crippen LogP contribution in [0.5, 0.6) is 17.2 Å². The molecule has 0 bridgehead atoms. The van der Waals surface area contributed by atoms with E-state index in [-0.39, 0.29) is 17.3 Å². The molecule has 0 aliphatic carbocycles. The molecule has 0 saturated heterocycles. The van der Waals surface area contributed by atoms with E-state index in [1.165, 1.54) is 6.07 Å². The van der Waals surface area contributed by atoms with Gasteiger partial charge >= 0.3 is 11.9 Å². The summed E-state index contributed by atoms with van der Waals surface area (Å²) >= 11 is 0. The number of hydrogen-bond donors (Lipinski definition) is 1. The van der Waals surface area contributed by atoms with Crippen LogP contribution in [0.25, 0.3) is 10.9 Å². The average molecular weight is 420 g/mol. The maximum Gasteiger partial charge on any atom is 0.336 e. The summed E-state index contributed by atoms with van der Waals surface area (Å²) < 4.78 is 17.8. The van der Waals surface area contributed by atoms with Crippen molar-refractivity contribution in [3.8, 4) is 17.2 Å². The predicted molar refractivity (Wildman–Crippen MR) is 113 cm³/mol. The molecule has 0 amide bonds. The van der Waals surface area contributed by atoms with Crippen LogP contribution in [-0.4, -0.2) is 35.9 Å². The summed E-state index contributed by atoms with van der Waals surface area (Å²) in [5.41, 5.74) is 7.88. The standard InChI is InChI=1S/C23H20N2O6/c1-13-20(22(28)14-3-5-15(29-2)6-4-14)21-16(25(13)12-11-24)7-8-17-23(21)31-19(27)10-9-18(26)30-17/h3-10H,11-12,24H2,1-2H3/b10-9-. The lowest BCUT2D eigenvalue weighted by Gasteiger charge is -2.13. The molecule has 4 rings (SSSR count). The van der Waals surface area contributed by atoms with Crippen molar-refractivity contribution < 1.29 is 28.6 Å². The number of methoxy groups -OCH3 is 1. The fourth-order valence-electron chi connectivity index (χ4n) is 3.69. The Hall–Kier alpha value is -3.91. The lowest BCUT2D eigenvalue weighted by molar-refractivity contribution is -0.133. The third-order valence-electron chi connectivity index (χ3n) is 5.11. The fourth-order valence-corrected chi connectivity index (χ4v) is 3.69. The van der Waals surface area contributed by atoms with Gasteiger partial charge in [-0.2, -0.15) is 0 Å². The van der Waals surface area contributed by atoms with Crippen LogP contribution < -0.4 is 19.9 Å². The highest BCUT2D eigenvalue weighted by Crippen LogP contribution is 2.42. The second-order valence-corrected chi connectivity index (χ2v) is 6.92. The first kappa shape index (κ1) is 20.4. The molecule has 0 saturated carbocycles. The van der Waals surface area contributed by atoms with E-state index in [9.17, 15) is 14.4 Å². The van der Waals surface area contributed by atoms with E-state index in [0.29, 0.717) is 46.6 Å². The highest BCUT2D eigenvalue weighted by molar-refractivity contribution is 6.19. The number of carbonyl (C=O) groups is 3. The number of rotatable bonds is 5. The number of ether oxygens (including phenoxy) is 3. The van der Waals surface area contributed by atoms with Crippen LogP contribution >= 0.6 is 0 Å². The number of aromatic nitrogens is 1. The van der Waals surface area contributed by atoms with Crippen molar-refractivity contribution in [2.75, 3.05) is 13.7 Å². The normalized spacial score (nSPS) is 14.3. The Balaban J connectivity index is 1.99. The SMILES string of the molecule is COc1ccc(C(=O)c2c(C)n(CCN)c3ccc4c(c23)OC(=O)/C=C\C(=O)O4)cc1. The Labute approximate surface area is 177 Å². The van der Waals surface area contributed by atoms with Crippen LogP contribution in [0.2, 0.25) is 0 Å². The lowest BCUT2D eigenvalue weighted by atomic mass is 9.99. The summed E-state index contributed by atoms with van der Waals surface area (Å²) in [6, 6.07) is 9.96. The van der Waals surface area contributed by atoms with Crippen molar-refractivity contribution in [2.45, 2.75) is 13.5 Å². The van der Waals surface area contributed by atoms with Gasteiger partial charge in [-0.3, -0.25) is 4.79 Å². The van der Waals surface area contributed by atoms with Crippen LogP contribution in [0.4, 0.5) is 0 Å². The molecule has 2 N–H and O–H groups in total. The van der Waals surface area contributed by atoms with Crippen molar-refractivity contribution in [3.63, 3.8) is 0 Å². The number of esters is 2. The van der Waals surface area contributed by atoms with E-state index in [1.807, 2.05) is 4.57 Å². The summed E-state index contributed by atoms with van der Waals surface area (Å²) in [7, 11) is 1.54. The van der Waals surface area contributed by atoms with E-state index >= 15 is 0 Å². The second-order valence-electron chi connectivity index (χ2n) is 6.92. The molecule has 1 aliphatic heterocycles. The molecule has 8 heteroatoms.